The summed E-state index contributed by atoms with van der Waals surface area (Å²) >= 11 is 0. The average Bonchev–Trinajstić information content (AvgIpc) is 3.22. The van der Waals surface area contributed by atoms with Gasteiger partial charge in [-0.2, -0.15) is 0 Å². The third-order valence-electron chi connectivity index (χ3n) is 6.64. The lowest BCUT2D eigenvalue weighted by molar-refractivity contribution is -0.116. The van der Waals surface area contributed by atoms with Crippen LogP contribution in [0.4, 0.5) is 5.88 Å². The van der Waals surface area contributed by atoms with Crippen molar-refractivity contribution < 1.29 is 28.6 Å². The van der Waals surface area contributed by atoms with Crippen LogP contribution in [0.1, 0.15) is 47.1 Å². The van der Waals surface area contributed by atoms with Crippen LogP contribution in [0.15, 0.2) is 52.2 Å². The molecular weight excluding hydrogens is 436 g/mol. The molecule has 0 radical (unpaired) electrons. The van der Waals surface area contributed by atoms with Gasteiger partial charge in [0.05, 0.1) is 32.6 Å². The number of Topliss-reactive ketones (excluding diaryl/α,β-unsaturated/α-hetero) is 1. The maximum absolute atomic E-state index is 13.7. The molecule has 3 aromatic rings. The first-order valence-electron chi connectivity index (χ1n) is 11.0. The quantitative estimate of drug-likeness (QED) is 0.564. The number of nitrogens with one attached hydrogen (secondary N) is 1. The number of rotatable bonds is 5. The second-order valence-electron chi connectivity index (χ2n) is 8.54. The van der Waals surface area contributed by atoms with Crippen molar-refractivity contribution in [2.24, 2.45) is 0 Å². The number of phenolic OH excluding ortho intramolecular Hbond substituents is 1. The summed E-state index contributed by atoms with van der Waals surface area (Å²) < 4.78 is 22.3. The van der Waals surface area contributed by atoms with Gasteiger partial charge in [0, 0.05) is 23.6 Å². The lowest BCUT2D eigenvalue weighted by Crippen LogP contribution is -2.29. The predicted octanol–water partition coefficient (Wildman–Crippen LogP) is 4.67. The van der Waals surface area contributed by atoms with E-state index in [2.05, 4.69) is 10.5 Å². The van der Waals surface area contributed by atoms with Crippen molar-refractivity contribution in [3.05, 3.63) is 70.1 Å². The van der Waals surface area contributed by atoms with Crippen LogP contribution in [0.2, 0.25) is 0 Å². The van der Waals surface area contributed by atoms with E-state index in [1.807, 2.05) is 31.2 Å². The van der Waals surface area contributed by atoms with Gasteiger partial charge in [-0.25, -0.2) is 0 Å². The summed E-state index contributed by atoms with van der Waals surface area (Å²) in [5.74, 6) is 1.90. The fraction of sp³-hybridized carbons (Fsp3) is 0.308. The number of ether oxygens (including phenoxy) is 3. The number of aryl methyl sites for hydroxylation is 1. The first-order valence-corrected chi connectivity index (χ1v) is 11.0. The van der Waals surface area contributed by atoms with Crippen LogP contribution < -0.4 is 19.5 Å². The van der Waals surface area contributed by atoms with Crippen molar-refractivity contribution in [2.45, 2.75) is 31.6 Å². The van der Waals surface area contributed by atoms with Gasteiger partial charge in [-0.05, 0) is 54.7 Å². The molecule has 2 N–H and O–H groups in total. The molecule has 0 fully saturated rings. The minimum Gasteiger partial charge on any atom is -0.508 e. The first-order chi connectivity index (χ1) is 16.4. The number of phenols is 1. The Balaban J connectivity index is 1.65. The molecule has 0 unspecified atom stereocenters. The Morgan fingerprint density at radius 2 is 1.68 bits per heavy atom. The summed E-state index contributed by atoms with van der Waals surface area (Å²) in [7, 11) is 4.69. The lowest BCUT2D eigenvalue weighted by atomic mass is 9.72. The Bertz CT molecular complexity index is 1270. The molecule has 0 saturated heterocycles. The number of fused-ring (bicyclic) bond motifs is 1. The Labute approximate surface area is 197 Å². The number of carbonyl (C=O) groups is 1. The van der Waals surface area contributed by atoms with E-state index in [0.717, 1.165) is 22.4 Å². The number of allylic oxidation sites excluding steroid dienone is 2. The van der Waals surface area contributed by atoms with Crippen molar-refractivity contribution in [1.29, 1.82) is 0 Å². The summed E-state index contributed by atoms with van der Waals surface area (Å²) in [6.07, 6.45) is 0.998. The van der Waals surface area contributed by atoms with Gasteiger partial charge in [-0.3, -0.25) is 4.79 Å². The third kappa shape index (κ3) is 3.46. The van der Waals surface area contributed by atoms with Crippen LogP contribution in [-0.2, 0) is 4.79 Å². The highest BCUT2D eigenvalue weighted by Crippen LogP contribution is 2.51. The van der Waals surface area contributed by atoms with Gasteiger partial charge in [0.15, 0.2) is 17.3 Å². The van der Waals surface area contributed by atoms with Gasteiger partial charge in [-0.15, -0.1) is 0 Å². The number of benzene rings is 2. The molecule has 5 rings (SSSR count). The van der Waals surface area contributed by atoms with E-state index in [-0.39, 0.29) is 23.4 Å². The number of ketones is 1. The van der Waals surface area contributed by atoms with Crippen molar-refractivity contribution in [3.63, 3.8) is 0 Å². The van der Waals surface area contributed by atoms with Gasteiger partial charge in [0.1, 0.15) is 5.75 Å². The summed E-state index contributed by atoms with van der Waals surface area (Å²) in [4.78, 5) is 13.7. The van der Waals surface area contributed by atoms with E-state index < -0.39 is 0 Å². The Hall–Kier alpha value is -3.94. The molecule has 176 valence electrons. The second-order valence-corrected chi connectivity index (χ2v) is 8.54. The molecule has 2 aliphatic rings. The highest BCUT2D eigenvalue weighted by molar-refractivity contribution is 6.01. The molecule has 2 aromatic carbocycles. The normalized spacial score (nSPS) is 19.2. The largest absolute Gasteiger partial charge is 0.508 e. The standard InChI is InChI=1S/C26H26N2O6/c1-13-22-23(16-11-20(31-2)25(33-4)21(12-16)32-3)24-18(27-26(22)34-28-13)9-15(10-19(24)30)14-5-7-17(29)8-6-14/h5-8,11-12,15,23,27,29H,9-10H2,1-4H3/t15-,23-/m0/s1. The maximum atomic E-state index is 13.7. The average molecular weight is 463 g/mol. The summed E-state index contributed by atoms with van der Waals surface area (Å²) in [6.45, 7) is 1.87. The molecule has 2 heterocycles. The van der Waals surface area contributed by atoms with Gasteiger partial charge >= 0.3 is 0 Å². The van der Waals surface area contributed by atoms with Gasteiger partial charge < -0.3 is 29.2 Å². The highest BCUT2D eigenvalue weighted by atomic mass is 16.5. The topological polar surface area (TPSA) is 103 Å². The fourth-order valence-corrected chi connectivity index (χ4v) is 5.06. The van der Waals surface area contributed by atoms with Crippen LogP contribution >= 0.6 is 0 Å². The van der Waals surface area contributed by atoms with Crippen molar-refractivity contribution in [1.82, 2.24) is 5.16 Å². The number of aromatic hydroxyl groups is 1. The fourth-order valence-electron chi connectivity index (χ4n) is 5.06. The molecule has 0 saturated carbocycles. The molecule has 8 heteroatoms. The minimum absolute atomic E-state index is 0.00879. The van der Waals surface area contributed by atoms with E-state index >= 15 is 0 Å². The molecule has 0 bridgehead atoms. The van der Waals surface area contributed by atoms with Gasteiger partial charge in [0.2, 0.25) is 11.6 Å². The van der Waals surface area contributed by atoms with Crippen LogP contribution in [-0.4, -0.2) is 37.4 Å². The first kappa shape index (κ1) is 21.9. The number of nitrogens with zero attached hydrogens (tertiary/aromatic N) is 1. The predicted molar refractivity (Wildman–Crippen MR) is 125 cm³/mol. The zero-order chi connectivity index (χ0) is 24.0. The highest BCUT2D eigenvalue weighted by Gasteiger charge is 2.41. The number of hydrogen-bond acceptors (Lipinski definition) is 8. The van der Waals surface area contributed by atoms with E-state index in [0.29, 0.717) is 47.2 Å². The number of methoxy groups -OCH3 is 3. The molecule has 1 aromatic heterocycles. The van der Waals surface area contributed by atoms with E-state index in [1.165, 1.54) is 0 Å². The lowest BCUT2D eigenvalue weighted by Gasteiger charge is -2.34. The van der Waals surface area contributed by atoms with Crippen molar-refractivity contribution in [2.75, 3.05) is 26.6 Å². The van der Waals surface area contributed by atoms with Gasteiger partial charge in [-0.1, -0.05) is 17.3 Å². The number of carbonyl (C=O) groups excluding carboxylic acids is 1. The SMILES string of the molecule is COc1cc([C@@H]2C3=C(C[C@H](c4ccc(O)cc4)CC3=O)Nc3onc(C)c32)cc(OC)c1OC. The molecule has 34 heavy (non-hydrogen) atoms. The molecule has 2 atom stereocenters. The van der Waals surface area contributed by atoms with E-state index in [4.69, 9.17) is 18.7 Å². The minimum atomic E-state index is -0.389. The molecule has 1 aliphatic carbocycles. The second kappa shape index (κ2) is 8.44. The molecule has 0 spiro atoms. The molecular formula is C26H26N2O6. The number of aromatic nitrogens is 1. The molecule has 1 aliphatic heterocycles. The van der Waals surface area contributed by atoms with Crippen LogP contribution in [0.25, 0.3) is 0 Å². The number of hydrogen-bond donors (Lipinski definition) is 2. The maximum Gasteiger partial charge on any atom is 0.233 e. The van der Waals surface area contributed by atoms with Crippen molar-refractivity contribution >= 4 is 11.7 Å². The Morgan fingerprint density at radius 3 is 2.29 bits per heavy atom. The Morgan fingerprint density at radius 1 is 1.00 bits per heavy atom. The zero-order valence-corrected chi connectivity index (χ0v) is 19.5. The smallest absolute Gasteiger partial charge is 0.233 e. The van der Waals surface area contributed by atoms with Crippen LogP contribution in [0.5, 0.6) is 23.0 Å². The van der Waals surface area contributed by atoms with E-state index in [1.54, 1.807) is 33.5 Å². The van der Waals surface area contributed by atoms with Crippen LogP contribution in [0.3, 0.4) is 0 Å². The monoisotopic (exact) mass is 462 g/mol. The van der Waals surface area contributed by atoms with Crippen LogP contribution in [0, 0.1) is 6.92 Å². The van der Waals surface area contributed by atoms with E-state index in [9.17, 15) is 9.90 Å². The van der Waals surface area contributed by atoms with Gasteiger partial charge in [0.25, 0.3) is 0 Å². The molecule has 0 amide bonds. The number of anilines is 1. The molecule has 8 nitrogen and oxygen atoms in total. The summed E-state index contributed by atoms with van der Waals surface area (Å²) in [5.41, 5.74) is 4.88. The van der Waals surface area contributed by atoms with Crippen molar-refractivity contribution in [3.8, 4) is 23.0 Å². The third-order valence-corrected chi connectivity index (χ3v) is 6.64. The summed E-state index contributed by atoms with van der Waals surface area (Å²) in [6, 6.07) is 10.8. The summed E-state index contributed by atoms with van der Waals surface area (Å²) in [5, 5.41) is 17.2. The Kier molecular flexibility index (Phi) is 5.43. The zero-order valence-electron chi connectivity index (χ0n) is 19.5.